The number of aromatic nitrogens is 2. The molecule has 1 aromatic heterocycles. The Balaban J connectivity index is 1.93. The number of nitrogens with zero attached hydrogens (tertiary/aromatic N) is 2. The average Bonchev–Trinajstić information content (AvgIpc) is 3.16. The molecule has 7 heteroatoms. The quantitative estimate of drug-likeness (QED) is 0.373. The summed E-state index contributed by atoms with van der Waals surface area (Å²) >= 11 is 5.98. The van der Waals surface area contributed by atoms with E-state index in [1.807, 2.05) is 51.1 Å². The van der Waals surface area contributed by atoms with E-state index in [1.54, 1.807) is 29.2 Å². The van der Waals surface area contributed by atoms with E-state index in [0.29, 0.717) is 42.2 Å². The van der Waals surface area contributed by atoms with Crippen LogP contribution in [0.1, 0.15) is 67.6 Å². The number of aryl methyl sites for hydroxylation is 1. The predicted octanol–water partition coefficient (Wildman–Crippen LogP) is 5.39. The van der Waals surface area contributed by atoms with Crippen LogP contribution in [0.15, 0.2) is 59.4 Å². The van der Waals surface area contributed by atoms with Gasteiger partial charge in [-0.1, -0.05) is 69.1 Å². The second kappa shape index (κ2) is 11.8. The Bertz CT molecular complexity index is 1170. The Hall–Kier alpha value is -3.12. The molecule has 0 bridgehead atoms. The molecule has 6 nitrogen and oxygen atoms in total. The van der Waals surface area contributed by atoms with Crippen molar-refractivity contribution in [1.82, 2.24) is 14.7 Å². The van der Waals surface area contributed by atoms with Crippen LogP contribution in [-0.4, -0.2) is 39.5 Å². The zero-order chi connectivity index (χ0) is 24.7. The summed E-state index contributed by atoms with van der Waals surface area (Å²) in [7, 11) is 0. The van der Waals surface area contributed by atoms with Gasteiger partial charge in [-0.25, -0.2) is 4.68 Å². The number of ketones is 1. The molecule has 1 unspecified atom stereocenters. The van der Waals surface area contributed by atoms with Crippen LogP contribution in [0.3, 0.4) is 0 Å². The molecule has 0 aliphatic heterocycles. The van der Waals surface area contributed by atoms with Crippen molar-refractivity contribution in [3.8, 4) is 5.69 Å². The third-order valence-corrected chi connectivity index (χ3v) is 6.13. The van der Waals surface area contributed by atoms with Crippen LogP contribution in [0.2, 0.25) is 5.02 Å². The second-order valence-electron chi connectivity index (χ2n) is 8.39. The van der Waals surface area contributed by atoms with Gasteiger partial charge in [-0.05, 0) is 49.1 Å². The molecular weight excluding hydrogens is 450 g/mol. The van der Waals surface area contributed by atoms with Crippen LogP contribution in [0, 0.1) is 0 Å². The minimum absolute atomic E-state index is 0.0884. The van der Waals surface area contributed by atoms with Crippen molar-refractivity contribution in [3.63, 3.8) is 0 Å². The van der Waals surface area contributed by atoms with Crippen molar-refractivity contribution in [2.45, 2.75) is 52.4 Å². The topological polar surface area (TPSA) is 75.2 Å². The van der Waals surface area contributed by atoms with Crippen LogP contribution < -0.4 is 5.56 Å². The van der Waals surface area contributed by atoms with E-state index in [0.717, 1.165) is 12.0 Å². The number of carbonyl (C=O) groups excluding carboxylic acids is 2. The van der Waals surface area contributed by atoms with Gasteiger partial charge >= 0.3 is 0 Å². The molecule has 0 fully saturated rings. The van der Waals surface area contributed by atoms with E-state index in [1.165, 1.54) is 4.68 Å². The third-order valence-electron chi connectivity index (χ3n) is 5.88. The minimum Gasteiger partial charge on any atom is -0.334 e. The number of Topliss-reactive ketones (excluding diaryl/α,β-unsaturated/α-hetero) is 1. The van der Waals surface area contributed by atoms with E-state index >= 15 is 0 Å². The van der Waals surface area contributed by atoms with Gasteiger partial charge in [0.1, 0.15) is 5.56 Å². The molecule has 0 spiro atoms. The number of amides is 1. The number of H-pyrrole nitrogens is 1. The number of hydrogen-bond donors (Lipinski definition) is 1. The summed E-state index contributed by atoms with van der Waals surface area (Å²) in [5.41, 5.74) is 1.84. The van der Waals surface area contributed by atoms with E-state index in [2.05, 4.69) is 5.10 Å². The molecule has 0 radical (unpaired) electrons. The van der Waals surface area contributed by atoms with Gasteiger partial charge in [0.2, 0.25) is 5.91 Å². The number of halogens is 1. The summed E-state index contributed by atoms with van der Waals surface area (Å²) in [5.74, 6) is -0.760. The fourth-order valence-electron chi connectivity index (χ4n) is 4.22. The lowest BCUT2D eigenvalue weighted by Crippen LogP contribution is -2.40. The van der Waals surface area contributed by atoms with Crippen LogP contribution >= 0.6 is 11.6 Å². The number of aromatic amines is 1. The highest BCUT2D eigenvalue weighted by Crippen LogP contribution is 2.23. The van der Waals surface area contributed by atoms with Gasteiger partial charge < -0.3 is 4.90 Å². The largest absolute Gasteiger partial charge is 0.334 e. The summed E-state index contributed by atoms with van der Waals surface area (Å²) in [6.07, 6.45) is 2.67. The Morgan fingerprint density at radius 3 is 2.26 bits per heavy atom. The molecule has 34 heavy (non-hydrogen) atoms. The van der Waals surface area contributed by atoms with Crippen LogP contribution in [-0.2, 0) is 11.2 Å². The molecule has 3 rings (SSSR count). The Labute approximate surface area is 205 Å². The van der Waals surface area contributed by atoms with Gasteiger partial charge in [-0.2, -0.15) is 0 Å². The molecule has 3 aromatic rings. The van der Waals surface area contributed by atoms with Crippen LogP contribution in [0.4, 0.5) is 0 Å². The molecule has 1 N–H and O–H groups in total. The number of carbonyl (C=O) groups is 2. The zero-order valence-corrected chi connectivity index (χ0v) is 20.8. The molecule has 0 aliphatic rings. The van der Waals surface area contributed by atoms with Gasteiger partial charge in [0, 0.05) is 17.3 Å². The Morgan fingerprint density at radius 2 is 1.68 bits per heavy atom. The highest BCUT2D eigenvalue weighted by molar-refractivity contribution is 6.30. The van der Waals surface area contributed by atoms with Crippen molar-refractivity contribution < 1.29 is 9.59 Å². The highest BCUT2D eigenvalue weighted by atomic mass is 35.5. The fourth-order valence-corrected chi connectivity index (χ4v) is 4.35. The summed E-state index contributed by atoms with van der Waals surface area (Å²) in [6.45, 7) is 6.26. The highest BCUT2D eigenvalue weighted by Gasteiger charge is 2.28. The lowest BCUT2D eigenvalue weighted by atomic mass is 9.94. The predicted molar refractivity (Wildman–Crippen MR) is 136 cm³/mol. The summed E-state index contributed by atoms with van der Waals surface area (Å²) in [6, 6.07) is 16.5. The maximum atomic E-state index is 13.5. The molecule has 0 aliphatic carbocycles. The maximum absolute atomic E-state index is 13.5. The molecule has 2 aromatic carbocycles. The lowest BCUT2D eigenvalue weighted by Gasteiger charge is -2.26. The van der Waals surface area contributed by atoms with E-state index in [-0.39, 0.29) is 29.7 Å². The molecule has 1 amide bonds. The van der Waals surface area contributed by atoms with Gasteiger partial charge in [0.25, 0.3) is 5.56 Å². The smallest absolute Gasteiger partial charge is 0.282 e. The molecule has 0 saturated carbocycles. The fraction of sp³-hybridized carbons (Fsp3) is 0.370. The standard InChI is InChI=1S/C27H32ClN3O3/c1-4-10-23-25(27(34)31(29-23)21-15-13-20(28)14-16-21)24(32)18-30(17-5-2)26(33)22(6-3)19-11-8-7-9-12-19/h7-9,11-16,22,29H,4-6,10,17-18H2,1-3H3. The zero-order valence-electron chi connectivity index (χ0n) is 20.0. The van der Waals surface area contributed by atoms with Gasteiger partial charge in [0.15, 0.2) is 5.78 Å². The van der Waals surface area contributed by atoms with E-state index in [9.17, 15) is 14.4 Å². The van der Waals surface area contributed by atoms with Crippen molar-refractivity contribution >= 4 is 23.3 Å². The minimum atomic E-state index is -0.408. The normalized spacial score (nSPS) is 11.9. The van der Waals surface area contributed by atoms with Gasteiger partial charge in [0.05, 0.1) is 18.2 Å². The first-order valence-corrected chi connectivity index (χ1v) is 12.3. The van der Waals surface area contributed by atoms with E-state index < -0.39 is 5.56 Å². The van der Waals surface area contributed by atoms with Crippen LogP contribution in [0.25, 0.3) is 5.69 Å². The number of rotatable bonds is 11. The summed E-state index contributed by atoms with van der Waals surface area (Å²) in [5, 5.41) is 3.66. The average molecular weight is 482 g/mol. The molecule has 1 heterocycles. The first-order valence-electron chi connectivity index (χ1n) is 11.9. The molecule has 1 atom stereocenters. The number of nitrogens with one attached hydrogen (secondary N) is 1. The first kappa shape index (κ1) is 25.5. The van der Waals surface area contributed by atoms with Crippen molar-refractivity contribution in [2.24, 2.45) is 0 Å². The van der Waals surface area contributed by atoms with Crippen molar-refractivity contribution in [2.75, 3.05) is 13.1 Å². The molecular formula is C27H32ClN3O3. The van der Waals surface area contributed by atoms with E-state index in [4.69, 9.17) is 11.6 Å². The SMILES string of the molecule is CCCc1[nH]n(-c2ccc(Cl)cc2)c(=O)c1C(=O)CN(CCC)C(=O)C(CC)c1ccccc1. The maximum Gasteiger partial charge on any atom is 0.282 e. The first-order chi connectivity index (χ1) is 16.4. The van der Waals surface area contributed by atoms with Crippen molar-refractivity contribution in [1.29, 1.82) is 0 Å². The van der Waals surface area contributed by atoms with Gasteiger partial charge in [-0.15, -0.1) is 0 Å². The Kier molecular flexibility index (Phi) is 8.88. The second-order valence-corrected chi connectivity index (χ2v) is 8.82. The monoisotopic (exact) mass is 481 g/mol. The number of hydrogen-bond acceptors (Lipinski definition) is 3. The third kappa shape index (κ3) is 5.68. The summed E-state index contributed by atoms with van der Waals surface area (Å²) in [4.78, 5) is 41.8. The molecule has 180 valence electrons. The van der Waals surface area contributed by atoms with Gasteiger partial charge in [-0.3, -0.25) is 19.5 Å². The van der Waals surface area contributed by atoms with Crippen molar-refractivity contribution in [3.05, 3.63) is 86.8 Å². The Morgan fingerprint density at radius 1 is 1.00 bits per heavy atom. The van der Waals surface area contributed by atoms with Crippen LogP contribution in [0.5, 0.6) is 0 Å². The summed E-state index contributed by atoms with van der Waals surface area (Å²) < 4.78 is 1.37. The number of benzene rings is 2. The lowest BCUT2D eigenvalue weighted by molar-refractivity contribution is -0.132. The molecule has 0 saturated heterocycles.